The maximum atomic E-state index is 11.2. The highest BCUT2D eigenvalue weighted by molar-refractivity contribution is 5.91. The Morgan fingerprint density at radius 3 is 2.95 bits per heavy atom. The zero-order valence-electron chi connectivity index (χ0n) is 11.0. The molecule has 0 saturated heterocycles. The van der Waals surface area contributed by atoms with Crippen LogP contribution in [0.2, 0.25) is 0 Å². The Morgan fingerprint density at radius 2 is 2.26 bits per heavy atom. The fourth-order valence-electron chi connectivity index (χ4n) is 1.92. The maximum absolute atomic E-state index is 11.2. The van der Waals surface area contributed by atoms with Crippen molar-refractivity contribution in [2.75, 3.05) is 0 Å². The van der Waals surface area contributed by atoms with Gasteiger partial charge in [0.2, 0.25) is 0 Å². The van der Waals surface area contributed by atoms with Gasteiger partial charge in [0.25, 0.3) is 0 Å². The number of benzene rings is 1. The molecule has 5 heteroatoms. The van der Waals surface area contributed by atoms with E-state index in [1.165, 1.54) is 6.07 Å². The first-order valence-corrected chi connectivity index (χ1v) is 6.09. The van der Waals surface area contributed by atoms with Gasteiger partial charge < -0.3 is 14.4 Å². The van der Waals surface area contributed by atoms with Crippen LogP contribution in [0, 0.1) is 6.92 Å². The van der Waals surface area contributed by atoms with Crippen LogP contribution in [0.4, 0.5) is 0 Å². The minimum absolute atomic E-state index is 0.176. The fourth-order valence-corrected chi connectivity index (χ4v) is 1.92. The summed E-state index contributed by atoms with van der Waals surface area (Å²) in [6, 6.07) is 5.07. The number of hydrogen-bond acceptors (Lipinski definition) is 3. The van der Waals surface area contributed by atoms with Crippen molar-refractivity contribution in [3.8, 4) is 5.75 Å². The first-order chi connectivity index (χ1) is 9.13. The van der Waals surface area contributed by atoms with E-state index in [2.05, 4.69) is 4.98 Å². The van der Waals surface area contributed by atoms with Gasteiger partial charge in [0.15, 0.2) is 0 Å². The number of ether oxygens (including phenoxy) is 1. The van der Waals surface area contributed by atoms with Crippen LogP contribution in [0.1, 0.15) is 28.7 Å². The number of carboxylic acids is 1. The molecule has 0 radical (unpaired) electrons. The molecule has 0 aliphatic rings. The molecule has 1 heterocycles. The predicted octanol–water partition coefficient (Wildman–Crippen LogP) is 2.49. The second-order valence-corrected chi connectivity index (χ2v) is 4.17. The number of aromatic carboxylic acids is 1. The average Bonchev–Trinajstić information content (AvgIpc) is 2.84. The van der Waals surface area contributed by atoms with E-state index in [4.69, 9.17) is 9.84 Å². The third-order valence-electron chi connectivity index (χ3n) is 2.93. The molecular formula is C14H16N2O3. The first-order valence-electron chi connectivity index (χ1n) is 6.09. The van der Waals surface area contributed by atoms with Crippen molar-refractivity contribution in [1.29, 1.82) is 0 Å². The number of aryl methyl sites for hydroxylation is 2. The molecule has 0 spiro atoms. The fraction of sp³-hybridized carbons (Fsp3) is 0.286. The summed E-state index contributed by atoms with van der Waals surface area (Å²) in [4.78, 5) is 15.4. The molecule has 0 bridgehead atoms. The van der Waals surface area contributed by atoms with E-state index in [0.29, 0.717) is 5.75 Å². The Labute approximate surface area is 111 Å². The molecule has 0 unspecified atom stereocenters. The van der Waals surface area contributed by atoms with E-state index in [1.54, 1.807) is 12.3 Å². The number of carbonyl (C=O) groups is 1. The van der Waals surface area contributed by atoms with Gasteiger partial charge in [-0.25, -0.2) is 9.78 Å². The van der Waals surface area contributed by atoms with Gasteiger partial charge in [0.1, 0.15) is 23.7 Å². The number of imidazole rings is 1. The highest BCUT2D eigenvalue weighted by atomic mass is 16.5. The molecule has 0 aliphatic heterocycles. The van der Waals surface area contributed by atoms with E-state index < -0.39 is 5.97 Å². The molecule has 0 atom stereocenters. The molecule has 1 aromatic carbocycles. The van der Waals surface area contributed by atoms with Crippen molar-refractivity contribution < 1.29 is 14.6 Å². The average molecular weight is 260 g/mol. The number of nitrogens with zero attached hydrogens (tertiary/aromatic N) is 2. The van der Waals surface area contributed by atoms with Gasteiger partial charge >= 0.3 is 5.97 Å². The minimum atomic E-state index is -0.988. The van der Waals surface area contributed by atoms with Crippen molar-refractivity contribution in [3.63, 3.8) is 0 Å². The van der Waals surface area contributed by atoms with Crippen LogP contribution in [-0.4, -0.2) is 20.6 Å². The molecular weight excluding hydrogens is 244 g/mol. The van der Waals surface area contributed by atoms with Crippen LogP contribution in [0.3, 0.4) is 0 Å². The molecule has 2 aromatic rings. The molecule has 19 heavy (non-hydrogen) atoms. The SMILES string of the molecule is CCn1ccnc1COc1c(C)cccc1C(=O)O. The Morgan fingerprint density at radius 1 is 1.47 bits per heavy atom. The smallest absolute Gasteiger partial charge is 0.339 e. The lowest BCUT2D eigenvalue weighted by Crippen LogP contribution is -2.09. The topological polar surface area (TPSA) is 64.4 Å². The van der Waals surface area contributed by atoms with Crippen molar-refractivity contribution in [2.24, 2.45) is 0 Å². The second kappa shape index (κ2) is 5.56. The normalized spacial score (nSPS) is 10.4. The van der Waals surface area contributed by atoms with Crippen LogP contribution >= 0.6 is 0 Å². The lowest BCUT2D eigenvalue weighted by Gasteiger charge is -2.12. The van der Waals surface area contributed by atoms with E-state index in [-0.39, 0.29) is 12.2 Å². The molecule has 0 aliphatic carbocycles. The van der Waals surface area contributed by atoms with Crippen LogP contribution in [0.5, 0.6) is 5.75 Å². The largest absolute Gasteiger partial charge is 0.484 e. The number of aromatic nitrogens is 2. The molecule has 2 rings (SSSR count). The van der Waals surface area contributed by atoms with Crippen LogP contribution in [-0.2, 0) is 13.2 Å². The number of carboxylic acid groups (broad SMARTS) is 1. The summed E-state index contributed by atoms with van der Waals surface area (Å²) in [5, 5.41) is 9.15. The quantitative estimate of drug-likeness (QED) is 0.897. The first kappa shape index (κ1) is 13.1. The van der Waals surface area contributed by atoms with E-state index >= 15 is 0 Å². The molecule has 0 amide bonds. The second-order valence-electron chi connectivity index (χ2n) is 4.17. The van der Waals surface area contributed by atoms with Gasteiger partial charge in [0, 0.05) is 18.9 Å². The van der Waals surface area contributed by atoms with Gasteiger partial charge in [-0.05, 0) is 25.5 Å². The standard InChI is InChI=1S/C14H16N2O3/c1-3-16-8-7-15-12(16)9-19-13-10(2)5-4-6-11(13)14(17)18/h4-8H,3,9H2,1-2H3,(H,17,18). The van der Waals surface area contributed by atoms with Crippen molar-refractivity contribution >= 4 is 5.97 Å². The molecule has 5 nitrogen and oxygen atoms in total. The summed E-state index contributed by atoms with van der Waals surface area (Å²) >= 11 is 0. The summed E-state index contributed by atoms with van der Waals surface area (Å²) in [6.45, 7) is 4.90. The molecule has 0 saturated carbocycles. The van der Waals surface area contributed by atoms with Crippen molar-refractivity contribution in [2.45, 2.75) is 27.0 Å². The zero-order valence-corrected chi connectivity index (χ0v) is 11.0. The number of rotatable bonds is 5. The number of hydrogen-bond donors (Lipinski definition) is 1. The van der Waals surface area contributed by atoms with Gasteiger partial charge in [0.05, 0.1) is 0 Å². The summed E-state index contributed by atoms with van der Waals surface area (Å²) < 4.78 is 7.61. The Balaban J connectivity index is 2.22. The Kier molecular flexibility index (Phi) is 3.85. The highest BCUT2D eigenvalue weighted by Gasteiger charge is 2.14. The summed E-state index contributed by atoms with van der Waals surface area (Å²) in [5.41, 5.74) is 0.976. The van der Waals surface area contributed by atoms with E-state index in [1.807, 2.05) is 30.7 Å². The lowest BCUT2D eigenvalue weighted by atomic mass is 10.1. The lowest BCUT2D eigenvalue weighted by molar-refractivity contribution is 0.0691. The molecule has 1 N–H and O–H groups in total. The molecule has 1 aromatic heterocycles. The number of para-hydroxylation sites is 1. The van der Waals surface area contributed by atoms with Crippen LogP contribution in [0.25, 0.3) is 0 Å². The van der Waals surface area contributed by atoms with Crippen LogP contribution in [0.15, 0.2) is 30.6 Å². The zero-order chi connectivity index (χ0) is 13.8. The van der Waals surface area contributed by atoms with E-state index in [0.717, 1.165) is 17.9 Å². The summed E-state index contributed by atoms with van der Waals surface area (Å²) in [5.74, 6) is 0.195. The third-order valence-corrected chi connectivity index (χ3v) is 2.93. The molecule has 0 fully saturated rings. The molecule has 100 valence electrons. The Bertz CT molecular complexity index is 590. The van der Waals surface area contributed by atoms with Gasteiger partial charge in [-0.2, -0.15) is 0 Å². The minimum Gasteiger partial charge on any atom is -0.484 e. The maximum Gasteiger partial charge on any atom is 0.339 e. The van der Waals surface area contributed by atoms with Gasteiger partial charge in [-0.1, -0.05) is 12.1 Å². The van der Waals surface area contributed by atoms with Crippen LogP contribution < -0.4 is 4.74 Å². The predicted molar refractivity (Wildman–Crippen MR) is 70.4 cm³/mol. The van der Waals surface area contributed by atoms with E-state index in [9.17, 15) is 4.79 Å². The Hall–Kier alpha value is -2.30. The summed E-state index contributed by atoms with van der Waals surface area (Å²) in [7, 11) is 0. The van der Waals surface area contributed by atoms with Crippen molar-refractivity contribution in [3.05, 3.63) is 47.5 Å². The monoisotopic (exact) mass is 260 g/mol. The van der Waals surface area contributed by atoms with Gasteiger partial charge in [-0.15, -0.1) is 0 Å². The van der Waals surface area contributed by atoms with Crippen molar-refractivity contribution in [1.82, 2.24) is 9.55 Å². The highest BCUT2D eigenvalue weighted by Crippen LogP contribution is 2.24. The summed E-state index contributed by atoms with van der Waals surface area (Å²) in [6.07, 6.45) is 3.58. The van der Waals surface area contributed by atoms with Gasteiger partial charge in [-0.3, -0.25) is 0 Å². The third kappa shape index (κ3) is 2.76.